The minimum atomic E-state index is -0.801. The summed E-state index contributed by atoms with van der Waals surface area (Å²) < 4.78 is 10.2. The van der Waals surface area contributed by atoms with E-state index in [2.05, 4.69) is 5.32 Å². The lowest BCUT2D eigenvalue weighted by molar-refractivity contribution is -0.142. The minimum Gasteiger partial charge on any atom is -0.497 e. The van der Waals surface area contributed by atoms with Gasteiger partial charge in [0.25, 0.3) is 0 Å². The maximum Gasteiger partial charge on any atom is 0.313 e. The summed E-state index contributed by atoms with van der Waals surface area (Å²) in [6.45, 7) is -0.118. The lowest BCUT2D eigenvalue weighted by atomic mass is 10.2. The van der Waals surface area contributed by atoms with Crippen LogP contribution in [0.2, 0.25) is 0 Å². The molecule has 1 aromatic carbocycles. The van der Waals surface area contributed by atoms with Crippen molar-refractivity contribution >= 4 is 17.5 Å². The fraction of sp³-hybridized carbons (Fsp3) is 0.385. The zero-order valence-corrected chi connectivity index (χ0v) is 11.7. The summed E-state index contributed by atoms with van der Waals surface area (Å²) in [5, 5.41) is 11.2. The fourth-order valence-corrected chi connectivity index (χ4v) is 1.50. The van der Waals surface area contributed by atoms with Crippen molar-refractivity contribution in [3.05, 3.63) is 18.2 Å². The van der Waals surface area contributed by atoms with Crippen molar-refractivity contribution in [1.29, 1.82) is 0 Å². The number of rotatable bonds is 5. The number of carbonyl (C=O) groups excluding carboxylic acids is 2. The molecule has 0 aromatic heterocycles. The van der Waals surface area contributed by atoms with Crippen LogP contribution >= 0.6 is 0 Å². The van der Waals surface area contributed by atoms with Crippen LogP contribution in [0.5, 0.6) is 11.5 Å². The molecule has 1 aromatic rings. The van der Waals surface area contributed by atoms with Gasteiger partial charge in [-0.15, -0.1) is 0 Å². The van der Waals surface area contributed by atoms with Gasteiger partial charge in [-0.25, -0.2) is 0 Å². The van der Waals surface area contributed by atoms with Crippen molar-refractivity contribution in [3.63, 3.8) is 0 Å². The van der Waals surface area contributed by atoms with Gasteiger partial charge >= 0.3 is 11.8 Å². The highest BCUT2D eigenvalue weighted by atomic mass is 16.5. The Balaban J connectivity index is 2.82. The first kappa shape index (κ1) is 15.8. The Kier molecular flexibility index (Phi) is 5.79. The van der Waals surface area contributed by atoms with E-state index in [-0.39, 0.29) is 13.2 Å². The molecule has 20 heavy (non-hydrogen) atoms. The molecule has 0 unspecified atom stereocenters. The third-order valence-corrected chi connectivity index (χ3v) is 2.63. The number of aliphatic hydroxyl groups excluding tert-OH is 1. The van der Waals surface area contributed by atoms with Gasteiger partial charge in [0, 0.05) is 19.7 Å². The summed E-state index contributed by atoms with van der Waals surface area (Å²) in [5.41, 5.74) is 0.365. The van der Waals surface area contributed by atoms with Gasteiger partial charge in [0.05, 0.1) is 26.5 Å². The number of nitrogens with zero attached hydrogens (tertiary/aromatic N) is 1. The van der Waals surface area contributed by atoms with E-state index in [1.54, 1.807) is 18.2 Å². The van der Waals surface area contributed by atoms with E-state index in [1.165, 1.54) is 21.3 Å². The molecule has 0 heterocycles. The van der Waals surface area contributed by atoms with Crippen molar-refractivity contribution in [2.75, 3.05) is 39.7 Å². The number of ether oxygens (including phenoxy) is 2. The molecule has 7 heteroatoms. The Labute approximate surface area is 117 Å². The van der Waals surface area contributed by atoms with Gasteiger partial charge < -0.3 is 24.8 Å². The number of nitrogens with one attached hydrogen (secondary N) is 1. The molecule has 2 N–H and O–H groups in total. The number of amides is 2. The third kappa shape index (κ3) is 3.86. The Morgan fingerprint density at radius 1 is 1.30 bits per heavy atom. The summed E-state index contributed by atoms with van der Waals surface area (Å²) in [7, 11) is 4.40. The molecule has 0 saturated heterocycles. The Morgan fingerprint density at radius 3 is 2.55 bits per heavy atom. The molecule has 0 fully saturated rings. The highest BCUT2D eigenvalue weighted by molar-refractivity contribution is 6.39. The molecule has 0 spiro atoms. The number of aliphatic hydroxyl groups is 1. The Morgan fingerprint density at radius 2 is 2.00 bits per heavy atom. The number of hydrogen-bond donors (Lipinski definition) is 2. The SMILES string of the molecule is COc1ccc(NC(=O)C(=O)N(C)CCO)c(OC)c1. The van der Waals surface area contributed by atoms with Crippen LogP contribution < -0.4 is 14.8 Å². The largest absolute Gasteiger partial charge is 0.497 e. The summed E-state index contributed by atoms with van der Waals surface area (Å²) in [6.07, 6.45) is 0. The fourth-order valence-electron chi connectivity index (χ4n) is 1.50. The van der Waals surface area contributed by atoms with Crippen LogP contribution in [-0.4, -0.2) is 56.2 Å². The van der Waals surface area contributed by atoms with E-state index in [9.17, 15) is 9.59 Å². The van der Waals surface area contributed by atoms with Gasteiger partial charge in [-0.3, -0.25) is 9.59 Å². The van der Waals surface area contributed by atoms with Crippen LogP contribution in [-0.2, 0) is 9.59 Å². The number of benzene rings is 1. The highest BCUT2D eigenvalue weighted by Gasteiger charge is 2.19. The van der Waals surface area contributed by atoms with Crippen molar-refractivity contribution in [2.24, 2.45) is 0 Å². The third-order valence-electron chi connectivity index (χ3n) is 2.63. The molecule has 2 amide bonds. The molecular weight excluding hydrogens is 264 g/mol. The Bertz CT molecular complexity index is 490. The quantitative estimate of drug-likeness (QED) is 0.747. The molecule has 0 radical (unpaired) electrons. The first-order valence-electron chi connectivity index (χ1n) is 5.92. The lowest BCUT2D eigenvalue weighted by Gasteiger charge is -2.16. The van der Waals surface area contributed by atoms with E-state index in [0.717, 1.165) is 4.90 Å². The smallest absolute Gasteiger partial charge is 0.313 e. The molecule has 0 atom stereocenters. The monoisotopic (exact) mass is 282 g/mol. The number of anilines is 1. The predicted molar refractivity (Wildman–Crippen MR) is 72.9 cm³/mol. The molecule has 0 saturated carbocycles. The summed E-state index contributed by atoms with van der Waals surface area (Å²) in [4.78, 5) is 24.6. The van der Waals surface area contributed by atoms with Crippen molar-refractivity contribution < 1.29 is 24.2 Å². The zero-order chi connectivity index (χ0) is 15.1. The summed E-state index contributed by atoms with van der Waals surface area (Å²) in [6, 6.07) is 4.81. The molecule has 0 aliphatic rings. The predicted octanol–water partition coefficient (Wildman–Crippen LogP) is 0.0930. The van der Waals surface area contributed by atoms with E-state index in [0.29, 0.717) is 17.2 Å². The van der Waals surface area contributed by atoms with Crippen LogP contribution in [0.15, 0.2) is 18.2 Å². The molecule has 0 aliphatic carbocycles. The normalized spacial score (nSPS) is 9.80. The average molecular weight is 282 g/mol. The maximum absolute atomic E-state index is 11.8. The van der Waals surface area contributed by atoms with Gasteiger partial charge in [0.15, 0.2) is 0 Å². The maximum atomic E-state index is 11.8. The van der Waals surface area contributed by atoms with E-state index in [1.807, 2.05) is 0 Å². The second-order valence-electron chi connectivity index (χ2n) is 3.97. The van der Waals surface area contributed by atoms with Gasteiger partial charge in [-0.05, 0) is 12.1 Å². The molecule has 110 valence electrons. The summed E-state index contributed by atoms with van der Waals surface area (Å²) >= 11 is 0. The minimum absolute atomic E-state index is 0.0893. The van der Waals surface area contributed by atoms with Crippen molar-refractivity contribution in [3.8, 4) is 11.5 Å². The van der Waals surface area contributed by atoms with Gasteiger partial charge in [0.1, 0.15) is 11.5 Å². The van der Waals surface area contributed by atoms with Crippen LogP contribution in [0, 0.1) is 0 Å². The number of hydrogen-bond acceptors (Lipinski definition) is 5. The van der Waals surface area contributed by atoms with Crippen molar-refractivity contribution in [2.45, 2.75) is 0 Å². The molecule has 0 bridgehead atoms. The first-order chi connectivity index (χ1) is 9.53. The average Bonchev–Trinajstić information content (AvgIpc) is 2.46. The van der Waals surface area contributed by atoms with Crippen LogP contribution in [0.25, 0.3) is 0 Å². The van der Waals surface area contributed by atoms with E-state index < -0.39 is 11.8 Å². The second kappa shape index (κ2) is 7.34. The Hall–Kier alpha value is -2.28. The van der Waals surface area contributed by atoms with Gasteiger partial charge in [-0.1, -0.05) is 0 Å². The van der Waals surface area contributed by atoms with Crippen molar-refractivity contribution in [1.82, 2.24) is 4.90 Å². The number of likely N-dealkylation sites (N-methyl/N-ethyl adjacent to an activating group) is 1. The highest BCUT2D eigenvalue weighted by Crippen LogP contribution is 2.28. The zero-order valence-electron chi connectivity index (χ0n) is 11.7. The van der Waals surface area contributed by atoms with Crippen LogP contribution in [0.4, 0.5) is 5.69 Å². The topological polar surface area (TPSA) is 88.1 Å². The second-order valence-corrected chi connectivity index (χ2v) is 3.97. The first-order valence-corrected chi connectivity index (χ1v) is 5.92. The van der Waals surface area contributed by atoms with E-state index >= 15 is 0 Å². The van der Waals surface area contributed by atoms with Crippen LogP contribution in [0.3, 0.4) is 0 Å². The number of methoxy groups -OCH3 is 2. The molecule has 7 nitrogen and oxygen atoms in total. The van der Waals surface area contributed by atoms with Gasteiger partial charge in [0.2, 0.25) is 0 Å². The molecule has 1 rings (SSSR count). The lowest BCUT2D eigenvalue weighted by Crippen LogP contribution is -2.38. The standard InChI is InChI=1S/C13H18N2O5/c1-15(6-7-16)13(18)12(17)14-10-5-4-9(19-2)8-11(10)20-3/h4-5,8,16H,6-7H2,1-3H3,(H,14,17). The summed E-state index contributed by atoms with van der Waals surface area (Å²) in [5.74, 6) is -0.583. The van der Waals surface area contributed by atoms with Gasteiger partial charge in [-0.2, -0.15) is 0 Å². The van der Waals surface area contributed by atoms with Crippen LogP contribution in [0.1, 0.15) is 0 Å². The van der Waals surface area contributed by atoms with E-state index in [4.69, 9.17) is 14.6 Å². The molecular formula is C13H18N2O5. The molecule has 0 aliphatic heterocycles. The number of carbonyl (C=O) groups is 2.